The predicted octanol–water partition coefficient (Wildman–Crippen LogP) is 2.09. The van der Waals surface area contributed by atoms with Crippen molar-refractivity contribution in [1.82, 2.24) is 10.2 Å². The first kappa shape index (κ1) is 14.9. The van der Waals surface area contributed by atoms with Crippen molar-refractivity contribution in [3.8, 4) is 0 Å². The van der Waals surface area contributed by atoms with E-state index in [-0.39, 0.29) is 12.4 Å². The molecule has 0 aromatic heterocycles. The quantitative estimate of drug-likeness (QED) is 0.890. The molecule has 19 heavy (non-hydrogen) atoms. The molecule has 0 spiro atoms. The molecule has 106 valence electrons. The Morgan fingerprint density at radius 2 is 2.21 bits per heavy atom. The first-order valence-electron chi connectivity index (χ1n) is 6.60. The van der Waals surface area contributed by atoms with Crippen LogP contribution < -0.4 is 5.32 Å². The van der Waals surface area contributed by atoms with Crippen molar-refractivity contribution in [3.05, 3.63) is 34.1 Å². The Morgan fingerprint density at radius 1 is 1.42 bits per heavy atom. The van der Waals surface area contributed by atoms with Crippen LogP contribution in [-0.4, -0.2) is 42.8 Å². The minimum absolute atomic E-state index is 0.0189. The van der Waals surface area contributed by atoms with Gasteiger partial charge in [0.25, 0.3) is 0 Å². The van der Waals surface area contributed by atoms with E-state index < -0.39 is 5.54 Å². The van der Waals surface area contributed by atoms with Crippen LogP contribution in [0.15, 0.2) is 22.7 Å². The summed E-state index contributed by atoms with van der Waals surface area (Å²) >= 11 is 3.22. The minimum atomic E-state index is -0.470. The van der Waals surface area contributed by atoms with Gasteiger partial charge in [-0.2, -0.15) is 0 Å². The van der Waals surface area contributed by atoms with Crippen LogP contribution in [0.5, 0.6) is 0 Å². The van der Waals surface area contributed by atoms with Crippen molar-refractivity contribution in [2.45, 2.75) is 18.9 Å². The van der Waals surface area contributed by atoms with E-state index in [4.69, 9.17) is 0 Å². The van der Waals surface area contributed by atoms with E-state index in [0.29, 0.717) is 4.47 Å². The number of nitrogens with one attached hydrogen (secondary N) is 1. The predicted molar refractivity (Wildman–Crippen MR) is 77.6 cm³/mol. The van der Waals surface area contributed by atoms with Crippen LogP contribution in [0.3, 0.4) is 0 Å². The second-order valence-corrected chi connectivity index (χ2v) is 6.01. The van der Waals surface area contributed by atoms with Gasteiger partial charge in [-0.15, -0.1) is 0 Å². The average molecular weight is 331 g/mol. The molecular formula is C14H20BrFN2O. The molecule has 1 heterocycles. The van der Waals surface area contributed by atoms with E-state index in [2.05, 4.69) is 26.1 Å². The minimum Gasteiger partial charge on any atom is -0.394 e. The molecule has 0 bridgehead atoms. The molecule has 2 rings (SSSR count). The molecule has 1 aliphatic rings. The molecule has 1 aromatic carbocycles. The lowest BCUT2D eigenvalue weighted by Crippen LogP contribution is -2.48. The van der Waals surface area contributed by atoms with Crippen LogP contribution in [0.25, 0.3) is 0 Å². The van der Waals surface area contributed by atoms with Crippen LogP contribution in [0, 0.1) is 5.82 Å². The molecule has 0 amide bonds. The van der Waals surface area contributed by atoms with E-state index in [9.17, 15) is 9.50 Å². The van der Waals surface area contributed by atoms with E-state index in [1.54, 1.807) is 12.1 Å². The van der Waals surface area contributed by atoms with Crippen LogP contribution in [0.1, 0.15) is 18.9 Å². The van der Waals surface area contributed by atoms with Gasteiger partial charge < -0.3 is 10.4 Å². The summed E-state index contributed by atoms with van der Waals surface area (Å²) in [4.78, 5) is 2.27. The zero-order chi connectivity index (χ0) is 13.9. The highest BCUT2D eigenvalue weighted by Gasteiger charge is 2.33. The van der Waals surface area contributed by atoms with Crippen molar-refractivity contribution in [3.63, 3.8) is 0 Å². The number of hydrogen-bond acceptors (Lipinski definition) is 3. The summed E-state index contributed by atoms with van der Waals surface area (Å²) in [5, 5.41) is 13.2. The van der Waals surface area contributed by atoms with Gasteiger partial charge in [-0.3, -0.25) is 4.90 Å². The van der Waals surface area contributed by atoms with Gasteiger partial charge in [0.15, 0.2) is 0 Å². The van der Waals surface area contributed by atoms with Crippen LogP contribution in [-0.2, 0) is 5.54 Å². The van der Waals surface area contributed by atoms with Gasteiger partial charge in [-0.25, -0.2) is 4.39 Å². The molecule has 2 N–H and O–H groups in total. The molecule has 1 aromatic rings. The lowest BCUT2D eigenvalue weighted by molar-refractivity contribution is 0.0452. The fourth-order valence-corrected chi connectivity index (χ4v) is 2.92. The lowest BCUT2D eigenvalue weighted by Gasteiger charge is -2.40. The first-order chi connectivity index (χ1) is 9.08. The second kappa shape index (κ2) is 6.31. The summed E-state index contributed by atoms with van der Waals surface area (Å²) in [5.41, 5.74) is 0.465. The molecule has 3 nitrogen and oxygen atoms in total. The summed E-state index contributed by atoms with van der Waals surface area (Å²) in [6, 6.07) is 4.97. The smallest absolute Gasteiger partial charge is 0.137 e. The van der Waals surface area contributed by atoms with E-state index in [1.165, 1.54) is 6.07 Å². The third kappa shape index (κ3) is 3.16. The molecule has 5 heteroatoms. The fourth-order valence-electron chi connectivity index (χ4n) is 2.54. The standard InChI is InChI=1S/C14H20BrFN2O/c1-14(10-19,18-7-2-5-17-6-8-18)11-3-4-13(16)12(15)9-11/h3-4,9,17,19H,2,5-8,10H2,1H3. The highest BCUT2D eigenvalue weighted by molar-refractivity contribution is 9.10. The first-order valence-corrected chi connectivity index (χ1v) is 7.39. The number of aliphatic hydroxyl groups excluding tert-OH is 1. The zero-order valence-electron chi connectivity index (χ0n) is 11.1. The monoisotopic (exact) mass is 330 g/mol. The van der Waals surface area contributed by atoms with E-state index in [1.807, 2.05) is 6.92 Å². The molecule has 0 saturated carbocycles. The second-order valence-electron chi connectivity index (χ2n) is 5.15. The summed E-state index contributed by atoms with van der Waals surface area (Å²) in [6.07, 6.45) is 1.05. The largest absolute Gasteiger partial charge is 0.394 e. The lowest BCUT2D eigenvalue weighted by atomic mass is 9.90. The number of aliphatic hydroxyl groups is 1. The molecular weight excluding hydrogens is 311 g/mol. The third-order valence-electron chi connectivity index (χ3n) is 3.89. The molecule has 1 fully saturated rings. The van der Waals surface area contributed by atoms with Crippen molar-refractivity contribution >= 4 is 15.9 Å². The maximum atomic E-state index is 13.4. The highest BCUT2D eigenvalue weighted by atomic mass is 79.9. The number of rotatable bonds is 3. The molecule has 1 atom stereocenters. The molecule has 1 unspecified atom stereocenters. The number of benzene rings is 1. The van der Waals surface area contributed by atoms with E-state index >= 15 is 0 Å². The number of nitrogens with zero attached hydrogens (tertiary/aromatic N) is 1. The Balaban J connectivity index is 2.31. The Morgan fingerprint density at radius 3 is 2.89 bits per heavy atom. The summed E-state index contributed by atoms with van der Waals surface area (Å²) < 4.78 is 13.8. The Bertz CT molecular complexity index is 435. The Labute approximate surface area is 121 Å². The molecule has 1 aliphatic heterocycles. The van der Waals surface area contributed by atoms with Crippen LogP contribution in [0.4, 0.5) is 4.39 Å². The van der Waals surface area contributed by atoms with Crippen LogP contribution in [0.2, 0.25) is 0 Å². The van der Waals surface area contributed by atoms with Gasteiger partial charge in [0.2, 0.25) is 0 Å². The van der Waals surface area contributed by atoms with Gasteiger partial charge >= 0.3 is 0 Å². The van der Waals surface area contributed by atoms with Crippen molar-refractivity contribution < 1.29 is 9.50 Å². The summed E-state index contributed by atoms with van der Waals surface area (Å²) in [5.74, 6) is -0.276. The van der Waals surface area contributed by atoms with Gasteiger partial charge in [0.1, 0.15) is 5.82 Å². The SMILES string of the molecule is CC(CO)(c1ccc(F)c(Br)c1)N1CCCNCC1. The van der Waals surface area contributed by atoms with Crippen molar-refractivity contribution in [2.24, 2.45) is 0 Å². The van der Waals surface area contributed by atoms with Gasteiger partial charge in [-0.05, 0) is 53.5 Å². The fraction of sp³-hybridized carbons (Fsp3) is 0.571. The van der Waals surface area contributed by atoms with Gasteiger partial charge in [-0.1, -0.05) is 6.07 Å². The zero-order valence-corrected chi connectivity index (χ0v) is 12.7. The molecule has 0 radical (unpaired) electrons. The maximum absolute atomic E-state index is 13.4. The van der Waals surface area contributed by atoms with Crippen molar-refractivity contribution in [2.75, 3.05) is 32.8 Å². The Kier molecular flexibility index (Phi) is 4.95. The number of hydrogen-bond donors (Lipinski definition) is 2. The Hall–Kier alpha value is -0.490. The summed E-state index contributed by atoms with van der Waals surface area (Å²) in [6.45, 7) is 5.76. The third-order valence-corrected chi connectivity index (χ3v) is 4.50. The summed E-state index contributed by atoms with van der Waals surface area (Å²) in [7, 11) is 0. The van der Waals surface area contributed by atoms with E-state index in [0.717, 1.165) is 38.2 Å². The topological polar surface area (TPSA) is 35.5 Å². The maximum Gasteiger partial charge on any atom is 0.137 e. The highest BCUT2D eigenvalue weighted by Crippen LogP contribution is 2.31. The van der Waals surface area contributed by atoms with Gasteiger partial charge in [0, 0.05) is 19.6 Å². The van der Waals surface area contributed by atoms with Gasteiger partial charge in [0.05, 0.1) is 16.6 Å². The average Bonchev–Trinajstić information content (AvgIpc) is 2.70. The van der Waals surface area contributed by atoms with Crippen LogP contribution >= 0.6 is 15.9 Å². The number of halogens is 2. The molecule has 0 aliphatic carbocycles. The van der Waals surface area contributed by atoms with Crippen molar-refractivity contribution in [1.29, 1.82) is 0 Å². The molecule has 1 saturated heterocycles. The normalized spacial score (nSPS) is 20.8.